The van der Waals surface area contributed by atoms with Gasteiger partial charge in [0.25, 0.3) is 5.91 Å². The topological polar surface area (TPSA) is 92.5 Å². The van der Waals surface area contributed by atoms with E-state index in [-0.39, 0.29) is 30.1 Å². The Bertz CT molecular complexity index is 956. The van der Waals surface area contributed by atoms with E-state index in [4.69, 9.17) is 28.9 Å². The lowest BCUT2D eigenvalue weighted by atomic mass is 9.95. The van der Waals surface area contributed by atoms with Gasteiger partial charge in [-0.1, -0.05) is 47.5 Å². The quantitative estimate of drug-likeness (QED) is 0.702. The van der Waals surface area contributed by atoms with Crippen molar-refractivity contribution in [3.63, 3.8) is 0 Å². The zero-order valence-electron chi connectivity index (χ0n) is 16.4. The third-order valence-electron chi connectivity index (χ3n) is 5.27. The van der Waals surface area contributed by atoms with Crippen molar-refractivity contribution < 1.29 is 14.4 Å². The molecule has 3 N–H and O–H groups in total. The summed E-state index contributed by atoms with van der Waals surface area (Å²) in [6, 6.07) is 12.2. The Balaban J connectivity index is 1.63. The van der Waals surface area contributed by atoms with Gasteiger partial charge in [-0.05, 0) is 43.0 Å². The lowest BCUT2D eigenvalue weighted by Crippen LogP contribution is -2.42. The van der Waals surface area contributed by atoms with Crippen LogP contribution in [0, 0.1) is 5.92 Å². The summed E-state index contributed by atoms with van der Waals surface area (Å²) in [5.41, 5.74) is 7.03. The van der Waals surface area contributed by atoms with Gasteiger partial charge in [-0.15, -0.1) is 0 Å². The van der Waals surface area contributed by atoms with Gasteiger partial charge in [0, 0.05) is 25.4 Å². The molecule has 2 aromatic rings. The molecule has 30 heavy (non-hydrogen) atoms. The average Bonchev–Trinajstić information content (AvgIpc) is 2.75. The smallest absolute Gasteiger partial charge is 0.255 e. The molecule has 3 amide bonds. The molecule has 0 atom stereocenters. The maximum Gasteiger partial charge on any atom is 0.255 e. The Kier molecular flexibility index (Phi) is 7.34. The fourth-order valence-corrected chi connectivity index (χ4v) is 3.93. The third kappa shape index (κ3) is 5.32. The first-order valence-electron chi connectivity index (χ1n) is 9.77. The molecule has 1 heterocycles. The van der Waals surface area contributed by atoms with Crippen LogP contribution in [0.2, 0.25) is 10.0 Å². The van der Waals surface area contributed by atoms with Crippen molar-refractivity contribution in [3.05, 3.63) is 63.6 Å². The van der Waals surface area contributed by atoms with E-state index in [0.717, 1.165) is 5.56 Å². The molecule has 0 aliphatic carbocycles. The molecule has 8 heteroatoms. The van der Waals surface area contributed by atoms with Crippen molar-refractivity contribution in [2.45, 2.75) is 25.7 Å². The second kappa shape index (κ2) is 9.96. The molecule has 1 fully saturated rings. The molecule has 1 aliphatic rings. The molecule has 0 spiro atoms. The molecule has 0 saturated carbocycles. The number of nitrogens with zero attached hydrogens (tertiary/aromatic N) is 1. The highest BCUT2D eigenvalue weighted by atomic mass is 35.5. The van der Waals surface area contributed by atoms with Crippen LogP contribution in [0.4, 0.5) is 5.69 Å². The standard InChI is InChI=1S/C22H23Cl2N3O3/c23-17-6-3-4-14(20(17)24)8-9-19(28)26-18-7-2-1-5-16(18)22(30)27-12-10-15(11-13-27)21(25)29/h1-7,15H,8-13H2,(H2,25,29)(H,26,28). The number of anilines is 1. The van der Waals surface area contributed by atoms with Gasteiger partial charge in [-0.2, -0.15) is 0 Å². The number of hydrogen-bond acceptors (Lipinski definition) is 3. The van der Waals surface area contributed by atoms with Gasteiger partial charge in [0.2, 0.25) is 11.8 Å². The fraction of sp³-hybridized carbons (Fsp3) is 0.318. The molecular formula is C22H23Cl2N3O3. The summed E-state index contributed by atoms with van der Waals surface area (Å²) in [6.07, 6.45) is 1.74. The van der Waals surface area contributed by atoms with Crippen molar-refractivity contribution in [1.29, 1.82) is 0 Å². The number of hydrogen-bond donors (Lipinski definition) is 2. The molecule has 3 rings (SSSR count). The summed E-state index contributed by atoms with van der Waals surface area (Å²) >= 11 is 12.2. The minimum atomic E-state index is -0.324. The largest absolute Gasteiger partial charge is 0.369 e. The lowest BCUT2D eigenvalue weighted by molar-refractivity contribution is -0.123. The number of benzene rings is 2. The molecule has 0 aromatic heterocycles. The Morgan fingerprint density at radius 2 is 1.73 bits per heavy atom. The SMILES string of the molecule is NC(=O)C1CCN(C(=O)c2ccccc2NC(=O)CCc2cccc(Cl)c2Cl)CC1. The van der Waals surface area contributed by atoms with E-state index >= 15 is 0 Å². The highest BCUT2D eigenvalue weighted by Crippen LogP contribution is 2.27. The van der Waals surface area contributed by atoms with Crippen LogP contribution in [0.15, 0.2) is 42.5 Å². The predicted molar refractivity (Wildman–Crippen MR) is 118 cm³/mol. The maximum atomic E-state index is 13.0. The predicted octanol–water partition coefficient (Wildman–Crippen LogP) is 3.90. The number of likely N-dealkylation sites (tertiary alicyclic amines) is 1. The highest BCUT2D eigenvalue weighted by Gasteiger charge is 2.27. The Morgan fingerprint density at radius 3 is 2.43 bits per heavy atom. The number of carbonyl (C=O) groups excluding carboxylic acids is 3. The maximum absolute atomic E-state index is 13.0. The number of aryl methyl sites for hydroxylation is 1. The van der Waals surface area contributed by atoms with Crippen LogP contribution < -0.4 is 11.1 Å². The average molecular weight is 448 g/mol. The van der Waals surface area contributed by atoms with E-state index < -0.39 is 0 Å². The molecule has 0 bridgehead atoms. The highest BCUT2D eigenvalue weighted by molar-refractivity contribution is 6.42. The van der Waals surface area contributed by atoms with Crippen LogP contribution in [0.1, 0.15) is 35.2 Å². The van der Waals surface area contributed by atoms with Gasteiger partial charge in [-0.3, -0.25) is 14.4 Å². The fourth-order valence-electron chi connectivity index (χ4n) is 3.52. The van der Waals surface area contributed by atoms with E-state index in [1.54, 1.807) is 41.3 Å². The van der Waals surface area contributed by atoms with E-state index in [9.17, 15) is 14.4 Å². The number of carbonyl (C=O) groups is 3. The van der Waals surface area contributed by atoms with Gasteiger partial charge < -0.3 is 16.0 Å². The third-order valence-corrected chi connectivity index (χ3v) is 6.13. The van der Waals surface area contributed by atoms with Crippen LogP contribution in [0.25, 0.3) is 0 Å². The summed E-state index contributed by atoms with van der Waals surface area (Å²) in [5.74, 6) is -0.915. The minimum Gasteiger partial charge on any atom is -0.369 e. The first-order valence-corrected chi connectivity index (χ1v) is 10.5. The second-order valence-corrected chi connectivity index (χ2v) is 8.06. The number of halogens is 2. The summed E-state index contributed by atoms with van der Waals surface area (Å²) in [6.45, 7) is 0.921. The number of nitrogens with one attached hydrogen (secondary N) is 1. The summed E-state index contributed by atoms with van der Waals surface area (Å²) in [7, 11) is 0. The van der Waals surface area contributed by atoms with E-state index in [1.807, 2.05) is 6.07 Å². The van der Waals surface area contributed by atoms with Crippen LogP contribution in [0.3, 0.4) is 0 Å². The van der Waals surface area contributed by atoms with Crippen molar-refractivity contribution in [2.75, 3.05) is 18.4 Å². The Morgan fingerprint density at radius 1 is 1.03 bits per heavy atom. The number of para-hydroxylation sites is 1. The van der Waals surface area contributed by atoms with E-state index in [0.29, 0.717) is 53.6 Å². The zero-order chi connectivity index (χ0) is 21.7. The van der Waals surface area contributed by atoms with Crippen molar-refractivity contribution in [1.82, 2.24) is 4.90 Å². The summed E-state index contributed by atoms with van der Waals surface area (Å²) in [5, 5.41) is 3.72. The minimum absolute atomic E-state index is 0.174. The molecule has 1 saturated heterocycles. The van der Waals surface area contributed by atoms with Crippen LogP contribution in [-0.2, 0) is 16.0 Å². The van der Waals surface area contributed by atoms with Gasteiger partial charge in [-0.25, -0.2) is 0 Å². The van der Waals surface area contributed by atoms with Gasteiger partial charge in [0.1, 0.15) is 0 Å². The van der Waals surface area contributed by atoms with E-state index in [1.165, 1.54) is 0 Å². The first kappa shape index (κ1) is 22.1. The second-order valence-electron chi connectivity index (χ2n) is 7.28. The van der Waals surface area contributed by atoms with Crippen molar-refractivity contribution in [3.8, 4) is 0 Å². The molecule has 6 nitrogen and oxygen atoms in total. The first-order chi connectivity index (χ1) is 14.4. The van der Waals surface area contributed by atoms with Gasteiger partial charge >= 0.3 is 0 Å². The molecular weight excluding hydrogens is 425 g/mol. The van der Waals surface area contributed by atoms with Crippen molar-refractivity contribution in [2.24, 2.45) is 11.7 Å². The molecule has 0 unspecified atom stereocenters. The van der Waals surface area contributed by atoms with Crippen LogP contribution in [-0.4, -0.2) is 35.7 Å². The zero-order valence-corrected chi connectivity index (χ0v) is 17.9. The number of primary amides is 1. The number of amides is 3. The molecule has 0 radical (unpaired) electrons. The molecule has 2 aromatic carbocycles. The number of nitrogens with two attached hydrogens (primary N) is 1. The van der Waals surface area contributed by atoms with Crippen LogP contribution in [0.5, 0.6) is 0 Å². The normalized spacial score (nSPS) is 14.4. The summed E-state index contributed by atoms with van der Waals surface area (Å²) in [4.78, 5) is 38.5. The Hall–Kier alpha value is -2.57. The molecule has 1 aliphatic heterocycles. The van der Waals surface area contributed by atoms with Gasteiger partial charge in [0.15, 0.2) is 0 Å². The monoisotopic (exact) mass is 447 g/mol. The Labute approximate surface area is 185 Å². The number of rotatable bonds is 6. The molecule has 158 valence electrons. The lowest BCUT2D eigenvalue weighted by Gasteiger charge is -2.31. The summed E-state index contributed by atoms with van der Waals surface area (Å²) < 4.78 is 0. The van der Waals surface area contributed by atoms with E-state index in [2.05, 4.69) is 5.32 Å². The number of piperidine rings is 1. The van der Waals surface area contributed by atoms with Crippen LogP contribution >= 0.6 is 23.2 Å². The van der Waals surface area contributed by atoms with Crippen molar-refractivity contribution >= 4 is 46.6 Å². The van der Waals surface area contributed by atoms with Gasteiger partial charge in [0.05, 0.1) is 21.3 Å².